The molecule has 4 aromatic rings. The number of anilines is 1. The number of piperazine rings is 1. The Labute approximate surface area is 208 Å². The molecule has 5 rings (SSSR count). The van der Waals surface area contributed by atoms with Gasteiger partial charge >= 0.3 is 0 Å². The summed E-state index contributed by atoms with van der Waals surface area (Å²) >= 11 is 1.43. The molecule has 10 nitrogen and oxygen atoms in total. The van der Waals surface area contributed by atoms with Gasteiger partial charge in [-0.3, -0.25) is 4.79 Å². The minimum Gasteiger partial charge on any atom is -0.361 e. The van der Waals surface area contributed by atoms with Crippen LogP contribution in [0.25, 0.3) is 10.9 Å². The third-order valence-electron chi connectivity index (χ3n) is 6.39. The van der Waals surface area contributed by atoms with Gasteiger partial charge in [0, 0.05) is 49.7 Å². The number of hydrogen-bond donors (Lipinski definition) is 2. The van der Waals surface area contributed by atoms with E-state index in [0.29, 0.717) is 23.7 Å². The number of rotatable bonds is 9. The fraction of sp³-hybridized carbons (Fsp3) is 0.458. The zero-order chi connectivity index (χ0) is 24.2. The minimum atomic E-state index is -0.411. The number of carbonyl (C=O) groups is 1. The number of likely N-dealkylation sites (N-methyl/N-ethyl adjacent to an activating group) is 1. The van der Waals surface area contributed by atoms with Crippen molar-refractivity contribution in [1.29, 1.82) is 0 Å². The number of nitrogens with one attached hydrogen (secondary N) is 2. The van der Waals surface area contributed by atoms with Crippen LogP contribution in [0.15, 0.2) is 36.7 Å². The first-order valence-electron chi connectivity index (χ1n) is 12.1. The van der Waals surface area contributed by atoms with Crippen LogP contribution in [0.4, 0.5) is 5.13 Å². The van der Waals surface area contributed by atoms with E-state index >= 15 is 0 Å². The predicted octanol–water partition coefficient (Wildman–Crippen LogP) is 2.88. The highest BCUT2D eigenvalue weighted by Crippen LogP contribution is 2.26. The van der Waals surface area contributed by atoms with Crippen LogP contribution >= 0.6 is 11.3 Å². The topological polar surface area (TPSA) is 108 Å². The molecule has 0 radical (unpaired) electrons. The highest BCUT2D eigenvalue weighted by molar-refractivity contribution is 7.17. The lowest BCUT2D eigenvalue weighted by Crippen LogP contribution is -2.44. The van der Waals surface area contributed by atoms with Crippen LogP contribution < -0.4 is 10.2 Å². The number of para-hydroxylation sites is 1. The Kier molecular flexibility index (Phi) is 7.05. The van der Waals surface area contributed by atoms with Crippen LogP contribution in [0.2, 0.25) is 0 Å². The number of carbonyl (C=O) groups excluding carboxylic acids is 1. The summed E-state index contributed by atoms with van der Waals surface area (Å²) in [4.78, 5) is 27.9. The van der Waals surface area contributed by atoms with Gasteiger partial charge in [0.05, 0.1) is 18.8 Å². The molecule has 0 bridgehead atoms. The summed E-state index contributed by atoms with van der Waals surface area (Å²) in [6.45, 7) is 6.66. The number of aryl methyl sites for hydroxylation is 1. The van der Waals surface area contributed by atoms with Crippen molar-refractivity contribution in [3.63, 3.8) is 0 Å². The zero-order valence-electron chi connectivity index (χ0n) is 20.1. The maximum atomic E-state index is 13.3. The third kappa shape index (κ3) is 5.35. The molecular formula is C24H31N9OS. The predicted molar refractivity (Wildman–Crippen MR) is 137 cm³/mol. The zero-order valence-corrected chi connectivity index (χ0v) is 21.0. The second-order valence-electron chi connectivity index (χ2n) is 8.98. The smallest absolute Gasteiger partial charge is 0.263 e. The molecule has 1 aromatic carbocycles. The second kappa shape index (κ2) is 10.5. The van der Waals surface area contributed by atoms with Crippen molar-refractivity contribution in [2.24, 2.45) is 0 Å². The van der Waals surface area contributed by atoms with Gasteiger partial charge in [0.15, 0.2) is 11.0 Å². The van der Waals surface area contributed by atoms with Gasteiger partial charge in [-0.1, -0.05) is 42.9 Å². The second-order valence-corrected chi connectivity index (χ2v) is 9.99. The molecule has 184 valence electrons. The van der Waals surface area contributed by atoms with Crippen molar-refractivity contribution in [2.75, 3.05) is 38.1 Å². The Bertz CT molecular complexity index is 1270. The van der Waals surface area contributed by atoms with E-state index in [1.807, 2.05) is 24.4 Å². The first kappa shape index (κ1) is 23.4. The van der Waals surface area contributed by atoms with E-state index < -0.39 is 6.04 Å². The Morgan fingerprint density at radius 3 is 2.89 bits per heavy atom. The molecule has 11 heteroatoms. The molecule has 2 N–H and O–H groups in total. The average molecular weight is 494 g/mol. The third-order valence-corrected chi connectivity index (χ3v) is 7.44. The number of amides is 1. The Balaban J connectivity index is 1.35. The molecule has 1 aliphatic heterocycles. The van der Waals surface area contributed by atoms with Gasteiger partial charge in [0.25, 0.3) is 5.91 Å². The lowest BCUT2D eigenvalue weighted by molar-refractivity contribution is 0.0938. The largest absolute Gasteiger partial charge is 0.361 e. The van der Waals surface area contributed by atoms with Crippen LogP contribution in [0.1, 0.15) is 46.9 Å². The summed E-state index contributed by atoms with van der Waals surface area (Å²) in [6, 6.07) is 7.74. The summed E-state index contributed by atoms with van der Waals surface area (Å²) in [5.74, 6) is 0.348. The Hall–Kier alpha value is -3.31. The molecule has 4 heterocycles. The molecule has 1 aliphatic rings. The van der Waals surface area contributed by atoms with Crippen molar-refractivity contribution in [1.82, 2.24) is 40.4 Å². The quantitative estimate of drug-likeness (QED) is 0.369. The van der Waals surface area contributed by atoms with Gasteiger partial charge in [-0.25, -0.2) is 4.98 Å². The monoisotopic (exact) mass is 493 g/mol. The molecule has 35 heavy (non-hydrogen) atoms. The van der Waals surface area contributed by atoms with E-state index in [-0.39, 0.29) is 5.91 Å². The fourth-order valence-electron chi connectivity index (χ4n) is 4.26. The number of aromatic nitrogens is 6. The number of benzene rings is 1. The van der Waals surface area contributed by atoms with Gasteiger partial charge < -0.3 is 20.1 Å². The normalized spacial score (nSPS) is 15.5. The molecular weight excluding hydrogens is 462 g/mol. The molecule has 0 saturated carbocycles. The van der Waals surface area contributed by atoms with Crippen LogP contribution in [0.3, 0.4) is 0 Å². The Morgan fingerprint density at radius 2 is 2.06 bits per heavy atom. The molecule has 1 fully saturated rings. The van der Waals surface area contributed by atoms with Crippen LogP contribution in [-0.4, -0.2) is 74.2 Å². The lowest BCUT2D eigenvalue weighted by atomic mass is 10.0. The number of aromatic amines is 1. The van der Waals surface area contributed by atoms with Gasteiger partial charge in [-0.05, 0) is 30.3 Å². The number of H-pyrrole nitrogens is 1. The summed E-state index contributed by atoms with van der Waals surface area (Å²) in [5, 5.41) is 18.3. The van der Waals surface area contributed by atoms with Crippen molar-refractivity contribution in [3.05, 3.63) is 52.9 Å². The molecule has 0 aliphatic carbocycles. The van der Waals surface area contributed by atoms with Gasteiger partial charge in [0.2, 0.25) is 0 Å². The molecule has 0 spiro atoms. The number of nitrogens with zero attached hydrogens (tertiary/aromatic N) is 7. The lowest BCUT2D eigenvalue weighted by Gasteiger charge is -2.32. The Morgan fingerprint density at radius 1 is 1.23 bits per heavy atom. The number of thiazole rings is 1. The van der Waals surface area contributed by atoms with Crippen LogP contribution in [0.5, 0.6) is 0 Å². The highest BCUT2D eigenvalue weighted by Gasteiger charge is 2.25. The fourth-order valence-corrected chi connectivity index (χ4v) is 5.13. The summed E-state index contributed by atoms with van der Waals surface area (Å²) < 4.78 is 0. The van der Waals surface area contributed by atoms with Crippen molar-refractivity contribution >= 4 is 33.3 Å². The van der Waals surface area contributed by atoms with Gasteiger partial charge in [-0.2, -0.15) is 4.80 Å². The standard InChI is InChI=1S/C24H31N9OS/c1-3-4-9-33-29-22(28-30-33)20(14-17-15-25-19-8-6-5-7-18(17)19)27-23(34)21-16-26-24(35-21)32-12-10-31(2)11-13-32/h5-8,15-16,20,25H,3-4,9-14H2,1-2H3,(H,27,34). The molecule has 1 unspecified atom stereocenters. The molecule has 1 atom stereocenters. The first-order chi connectivity index (χ1) is 17.1. The summed E-state index contributed by atoms with van der Waals surface area (Å²) in [6.07, 6.45) is 6.24. The number of unbranched alkanes of at least 4 members (excludes halogenated alkanes) is 1. The first-order valence-corrected chi connectivity index (χ1v) is 12.9. The number of hydrogen-bond acceptors (Lipinski definition) is 8. The summed E-state index contributed by atoms with van der Waals surface area (Å²) in [7, 11) is 2.12. The highest BCUT2D eigenvalue weighted by atomic mass is 32.1. The maximum Gasteiger partial charge on any atom is 0.263 e. The number of tetrazole rings is 1. The van der Waals surface area contributed by atoms with E-state index in [0.717, 1.165) is 60.6 Å². The van der Waals surface area contributed by atoms with Gasteiger partial charge in [0.1, 0.15) is 4.88 Å². The van der Waals surface area contributed by atoms with E-state index in [4.69, 9.17) is 0 Å². The minimum absolute atomic E-state index is 0.169. The van der Waals surface area contributed by atoms with E-state index in [9.17, 15) is 4.79 Å². The van der Waals surface area contributed by atoms with Crippen LogP contribution in [0, 0.1) is 0 Å². The van der Waals surface area contributed by atoms with E-state index in [2.05, 4.69) is 60.5 Å². The van der Waals surface area contributed by atoms with E-state index in [1.54, 1.807) is 11.0 Å². The summed E-state index contributed by atoms with van der Waals surface area (Å²) in [5.41, 5.74) is 2.16. The van der Waals surface area contributed by atoms with Crippen LogP contribution in [-0.2, 0) is 13.0 Å². The number of fused-ring (bicyclic) bond motifs is 1. The maximum absolute atomic E-state index is 13.3. The van der Waals surface area contributed by atoms with E-state index in [1.165, 1.54) is 11.3 Å². The molecule has 1 saturated heterocycles. The van der Waals surface area contributed by atoms with Gasteiger partial charge in [-0.15, -0.1) is 10.2 Å². The van der Waals surface area contributed by atoms with Crippen molar-refractivity contribution in [2.45, 2.75) is 38.8 Å². The molecule has 3 aromatic heterocycles. The van der Waals surface area contributed by atoms with Crippen molar-refractivity contribution in [3.8, 4) is 0 Å². The average Bonchev–Trinajstić information content (AvgIpc) is 3.63. The molecule has 1 amide bonds. The van der Waals surface area contributed by atoms with Crippen molar-refractivity contribution < 1.29 is 4.79 Å². The SMILES string of the molecule is CCCCn1nnc(C(Cc2c[nH]c3ccccc23)NC(=O)c2cnc(N3CCN(C)CC3)s2)n1.